The van der Waals surface area contributed by atoms with Crippen LogP contribution in [0, 0.1) is 10.1 Å². The Morgan fingerprint density at radius 1 is 1.00 bits per heavy atom. The normalized spacial score (nSPS) is 14.8. The lowest BCUT2D eigenvalue weighted by atomic mass is 9.95. The maximum Gasteiger partial charge on any atom is 0.269 e. The molecule has 1 aliphatic heterocycles. The van der Waals surface area contributed by atoms with E-state index in [4.69, 9.17) is 5.10 Å². The Morgan fingerprint density at radius 2 is 1.65 bits per heavy atom. The summed E-state index contributed by atoms with van der Waals surface area (Å²) >= 11 is 0. The quantitative estimate of drug-likeness (QED) is 0.333. The maximum atomic E-state index is 13.4. The molecule has 0 aliphatic carbocycles. The third-order valence-electron chi connectivity index (χ3n) is 5.58. The van der Waals surface area contributed by atoms with Gasteiger partial charge in [0.25, 0.3) is 11.6 Å². The molecule has 1 amide bonds. The van der Waals surface area contributed by atoms with Crippen molar-refractivity contribution in [3.8, 4) is 11.4 Å². The van der Waals surface area contributed by atoms with Crippen LogP contribution in [0.5, 0.6) is 0 Å². The number of rotatable bonds is 5. The SMILES string of the molecule is CC1=C(C(=O)Nc2ccccc2)C(c2ccc([N+](=O)[O-])cc2)n2nc(-c3ccccc3)nc2N1. The van der Waals surface area contributed by atoms with Crippen LogP contribution in [0.4, 0.5) is 17.3 Å². The fraction of sp³-hybridized carbons (Fsp3) is 0.0800. The summed E-state index contributed by atoms with van der Waals surface area (Å²) in [6.07, 6.45) is 0. The summed E-state index contributed by atoms with van der Waals surface area (Å²) in [5, 5.41) is 22.0. The van der Waals surface area contributed by atoms with Crippen LogP contribution < -0.4 is 10.6 Å². The predicted octanol–water partition coefficient (Wildman–Crippen LogP) is 4.78. The number of anilines is 2. The van der Waals surface area contributed by atoms with Crippen LogP contribution in [-0.4, -0.2) is 25.6 Å². The highest BCUT2D eigenvalue weighted by Gasteiger charge is 2.34. The predicted molar refractivity (Wildman–Crippen MR) is 128 cm³/mol. The zero-order valence-corrected chi connectivity index (χ0v) is 18.2. The number of nitrogens with zero attached hydrogens (tertiary/aromatic N) is 4. The number of hydrogen-bond acceptors (Lipinski definition) is 6. The molecular formula is C25H20N6O3. The van der Waals surface area contributed by atoms with Crippen molar-refractivity contribution >= 4 is 23.2 Å². The van der Waals surface area contributed by atoms with Crippen LogP contribution in [0.1, 0.15) is 18.5 Å². The number of fused-ring (bicyclic) bond motifs is 1. The number of amides is 1. The summed E-state index contributed by atoms with van der Waals surface area (Å²) in [6.45, 7) is 1.80. The van der Waals surface area contributed by atoms with Gasteiger partial charge in [0, 0.05) is 29.1 Å². The van der Waals surface area contributed by atoms with Crippen molar-refractivity contribution in [1.82, 2.24) is 14.8 Å². The first kappa shape index (κ1) is 21.1. The minimum absolute atomic E-state index is 0.0301. The summed E-state index contributed by atoms with van der Waals surface area (Å²) in [6, 6.07) is 24.2. The summed E-state index contributed by atoms with van der Waals surface area (Å²) in [7, 11) is 0. The van der Waals surface area contributed by atoms with Gasteiger partial charge in [-0.05, 0) is 36.8 Å². The molecule has 34 heavy (non-hydrogen) atoms. The number of hydrogen-bond donors (Lipinski definition) is 2. The third kappa shape index (κ3) is 3.90. The molecule has 1 aliphatic rings. The molecule has 0 radical (unpaired) electrons. The van der Waals surface area contributed by atoms with Gasteiger partial charge in [-0.25, -0.2) is 4.68 Å². The number of non-ortho nitro benzene ring substituents is 1. The lowest BCUT2D eigenvalue weighted by Crippen LogP contribution is -2.31. The number of aromatic nitrogens is 3. The monoisotopic (exact) mass is 452 g/mol. The molecule has 5 rings (SSSR count). The van der Waals surface area contributed by atoms with E-state index < -0.39 is 11.0 Å². The van der Waals surface area contributed by atoms with Crippen LogP contribution in [0.25, 0.3) is 11.4 Å². The molecule has 1 unspecified atom stereocenters. The summed E-state index contributed by atoms with van der Waals surface area (Å²) in [4.78, 5) is 28.8. The largest absolute Gasteiger partial charge is 0.328 e. The average Bonchev–Trinajstić information content (AvgIpc) is 3.28. The van der Waals surface area contributed by atoms with E-state index in [1.807, 2.05) is 48.5 Å². The smallest absolute Gasteiger partial charge is 0.269 e. The first-order valence-electron chi connectivity index (χ1n) is 10.6. The second kappa shape index (κ2) is 8.62. The zero-order chi connectivity index (χ0) is 23.7. The van der Waals surface area contributed by atoms with E-state index in [2.05, 4.69) is 15.6 Å². The fourth-order valence-electron chi connectivity index (χ4n) is 3.96. The molecule has 2 heterocycles. The van der Waals surface area contributed by atoms with Crippen molar-refractivity contribution in [3.63, 3.8) is 0 Å². The second-order valence-corrected chi connectivity index (χ2v) is 7.80. The Kier molecular flexibility index (Phi) is 5.35. The Hall–Kier alpha value is -4.79. The number of carbonyl (C=O) groups is 1. The van der Waals surface area contributed by atoms with Gasteiger partial charge in [0.1, 0.15) is 6.04 Å². The molecule has 0 fully saturated rings. The molecular weight excluding hydrogens is 432 g/mol. The Balaban J connectivity index is 1.61. The molecule has 9 nitrogen and oxygen atoms in total. The van der Waals surface area contributed by atoms with Gasteiger partial charge >= 0.3 is 0 Å². The second-order valence-electron chi connectivity index (χ2n) is 7.80. The third-order valence-corrected chi connectivity index (χ3v) is 5.58. The van der Waals surface area contributed by atoms with Gasteiger partial charge in [-0.1, -0.05) is 48.5 Å². The van der Waals surface area contributed by atoms with Crippen molar-refractivity contribution < 1.29 is 9.72 Å². The van der Waals surface area contributed by atoms with Gasteiger partial charge < -0.3 is 10.6 Å². The van der Waals surface area contributed by atoms with Gasteiger partial charge in [-0.3, -0.25) is 14.9 Å². The molecule has 9 heteroatoms. The van der Waals surface area contributed by atoms with Gasteiger partial charge in [0.2, 0.25) is 5.95 Å². The van der Waals surface area contributed by atoms with Crippen molar-refractivity contribution in [2.24, 2.45) is 0 Å². The van der Waals surface area contributed by atoms with E-state index in [-0.39, 0.29) is 11.6 Å². The van der Waals surface area contributed by atoms with E-state index in [1.165, 1.54) is 12.1 Å². The van der Waals surface area contributed by atoms with Gasteiger partial charge in [0.15, 0.2) is 5.82 Å². The number of nitrogens with one attached hydrogen (secondary N) is 2. The molecule has 1 atom stereocenters. The van der Waals surface area contributed by atoms with Crippen LogP contribution in [0.15, 0.2) is 96.2 Å². The van der Waals surface area contributed by atoms with Crippen LogP contribution >= 0.6 is 0 Å². The number of carbonyl (C=O) groups excluding carboxylic acids is 1. The van der Waals surface area contributed by atoms with Gasteiger partial charge in [-0.15, -0.1) is 5.10 Å². The van der Waals surface area contributed by atoms with E-state index in [9.17, 15) is 14.9 Å². The minimum atomic E-state index is -0.634. The highest BCUT2D eigenvalue weighted by atomic mass is 16.6. The molecule has 1 aromatic heterocycles. The van der Waals surface area contributed by atoms with Crippen molar-refractivity contribution in [2.75, 3.05) is 10.6 Å². The minimum Gasteiger partial charge on any atom is -0.328 e. The number of nitro benzene ring substituents is 1. The molecule has 2 N–H and O–H groups in total. The average molecular weight is 452 g/mol. The lowest BCUT2D eigenvalue weighted by molar-refractivity contribution is -0.384. The highest BCUT2D eigenvalue weighted by molar-refractivity contribution is 6.06. The first-order valence-corrected chi connectivity index (χ1v) is 10.6. The van der Waals surface area contributed by atoms with E-state index in [0.717, 1.165) is 5.56 Å². The Morgan fingerprint density at radius 3 is 2.29 bits per heavy atom. The maximum absolute atomic E-state index is 13.4. The number of para-hydroxylation sites is 1. The van der Waals surface area contributed by atoms with Crippen LogP contribution in [0.3, 0.4) is 0 Å². The lowest BCUT2D eigenvalue weighted by Gasteiger charge is -2.28. The molecule has 0 saturated carbocycles. The van der Waals surface area contributed by atoms with Crippen molar-refractivity contribution in [3.05, 3.63) is 112 Å². The van der Waals surface area contributed by atoms with Crippen molar-refractivity contribution in [1.29, 1.82) is 0 Å². The van der Waals surface area contributed by atoms with Crippen LogP contribution in [-0.2, 0) is 4.79 Å². The van der Waals surface area contributed by atoms with Gasteiger partial charge in [0.05, 0.1) is 10.5 Å². The Labute approximate surface area is 194 Å². The summed E-state index contributed by atoms with van der Waals surface area (Å²) in [5.74, 6) is 0.686. The molecule has 168 valence electrons. The van der Waals surface area contributed by atoms with Crippen molar-refractivity contribution in [2.45, 2.75) is 13.0 Å². The standard InChI is InChI=1S/C25H20N6O3/c1-16-21(24(32)27-19-10-6-3-7-11-19)22(17-12-14-20(15-13-17)31(33)34)30-25(26-16)28-23(29-30)18-8-4-2-5-9-18/h2-15,22H,1H3,(H,27,32)(H,26,28,29). The summed E-state index contributed by atoms with van der Waals surface area (Å²) in [5.41, 5.74) is 3.20. The number of nitro groups is 1. The fourth-order valence-corrected chi connectivity index (χ4v) is 3.96. The molecule has 3 aromatic carbocycles. The highest BCUT2D eigenvalue weighted by Crippen LogP contribution is 2.37. The zero-order valence-electron chi connectivity index (χ0n) is 18.2. The van der Waals surface area contributed by atoms with E-state index in [0.29, 0.717) is 34.3 Å². The summed E-state index contributed by atoms with van der Waals surface area (Å²) < 4.78 is 1.65. The Bertz CT molecular complexity index is 1400. The molecule has 0 saturated heterocycles. The van der Waals surface area contributed by atoms with E-state index >= 15 is 0 Å². The number of benzene rings is 3. The first-order chi connectivity index (χ1) is 16.5. The van der Waals surface area contributed by atoms with E-state index in [1.54, 1.807) is 35.9 Å². The van der Waals surface area contributed by atoms with Crippen LogP contribution in [0.2, 0.25) is 0 Å². The van der Waals surface area contributed by atoms with Gasteiger partial charge in [-0.2, -0.15) is 4.98 Å². The molecule has 0 spiro atoms. The topological polar surface area (TPSA) is 115 Å². The molecule has 0 bridgehead atoms. The number of allylic oxidation sites excluding steroid dienone is 1. The molecule has 4 aromatic rings.